The molecule has 2 aromatic carbocycles. The highest BCUT2D eigenvalue weighted by Crippen LogP contribution is 2.26. The number of hydrogen-bond acceptors (Lipinski definition) is 6. The molecule has 1 fully saturated rings. The van der Waals surface area contributed by atoms with Crippen LogP contribution in [0.3, 0.4) is 0 Å². The summed E-state index contributed by atoms with van der Waals surface area (Å²) in [6.07, 6.45) is -0.411. The SMILES string of the molecule is O=C(Nc1ccc(C2CN(C(=O)O)CCO2)cc1F)c1cn(-c2ccc(OC(F)F)cc2)nn1. The number of anilines is 1. The Morgan fingerprint density at radius 1 is 1.21 bits per heavy atom. The summed E-state index contributed by atoms with van der Waals surface area (Å²) < 4.78 is 50.2. The monoisotopic (exact) mass is 477 g/mol. The van der Waals surface area contributed by atoms with Crippen LogP contribution in [-0.2, 0) is 4.74 Å². The van der Waals surface area contributed by atoms with Crippen molar-refractivity contribution in [1.29, 1.82) is 0 Å². The van der Waals surface area contributed by atoms with Crippen molar-refractivity contribution < 1.29 is 37.3 Å². The minimum absolute atomic E-state index is 0.0370. The van der Waals surface area contributed by atoms with E-state index in [2.05, 4.69) is 20.4 Å². The van der Waals surface area contributed by atoms with Gasteiger partial charge in [-0.25, -0.2) is 13.9 Å². The van der Waals surface area contributed by atoms with Gasteiger partial charge in [0.25, 0.3) is 5.91 Å². The number of nitrogens with zero attached hydrogens (tertiary/aromatic N) is 4. The molecule has 2 N–H and O–H groups in total. The van der Waals surface area contributed by atoms with Crippen LogP contribution >= 0.6 is 0 Å². The van der Waals surface area contributed by atoms with Gasteiger partial charge >= 0.3 is 12.7 Å². The van der Waals surface area contributed by atoms with Crippen LogP contribution in [0.25, 0.3) is 5.69 Å². The minimum Gasteiger partial charge on any atom is -0.465 e. The molecule has 10 nitrogen and oxygen atoms in total. The Bertz CT molecular complexity index is 1190. The van der Waals surface area contributed by atoms with Crippen LogP contribution in [0.5, 0.6) is 5.75 Å². The van der Waals surface area contributed by atoms with Crippen molar-refractivity contribution >= 4 is 17.7 Å². The standard InChI is InChI=1S/C21H18F3N5O5/c22-15-9-12(18-11-28(21(31)32)7-8-33-18)1-6-16(15)25-19(30)17-10-29(27-26-17)13-2-4-14(5-3-13)34-20(23)24/h1-6,9-10,18,20H,7-8,11H2,(H,25,30)(H,31,32). The number of amides is 2. The Morgan fingerprint density at radius 3 is 2.65 bits per heavy atom. The molecule has 0 radical (unpaired) electrons. The lowest BCUT2D eigenvalue weighted by Gasteiger charge is -2.31. The number of aromatic nitrogens is 3. The van der Waals surface area contributed by atoms with Gasteiger partial charge in [-0.1, -0.05) is 11.3 Å². The molecule has 0 bridgehead atoms. The zero-order valence-corrected chi connectivity index (χ0v) is 17.4. The highest BCUT2D eigenvalue weighted by Gasteiger charge is 2.26. The number of rotatable bonds is 6. The zero-order chi connectivity index (χ0) is 24.2. The number of carbonyl (C=O) groups excluding carboxylic acids is 1. The zero-order valence-electron chi connectivity index (χ0n) is 17.4. The second-order valence-corrected chi connectivity index (χ2v) is 7.20. The summed E-state index contributed by atoms with van der Waals surface area (Å²) in [4.78, 5) is 24.8. The minimum atomic E-state index is -2.95. The lowest BCUT2D eigenvalue weighted by atomic mass is 10.1. The summed E-state index contributed by atoms with van der Waals surface area (Å²) in [7, 11) is 0. The molecule has 1 atom stereocenters. The van der Waals surface area contributed by atoms with E-state index < -0.39 is 30.5 Å². The Balaban J connectivity index is 1.42. The van der Waals surface area contributed by atoms with Crippen LogP contribution < -0.4 is 10.1 Å². The molecule has 4 rings (SSSR count). The van der Waals surface area contributed by atoms with Crippen molar-refractivity contribution in [2.75, 3.05) is 25.0 Å². The van der Waals surface area contributed by atoms with Gasteiger partial charge in [-0.15, -0.1) is 5.10 Å². The van der Waals surface area contributed by atoms with Crippen molar-refractivity contribution in [1.82, 2.24) is 19.9 Å². The average molecular weight is 477 g/mol. The molecule has 2 heterocycles. The molecule has 0 saturated carbocycles. The summed E-state index contributed by atoms with van der Waals surface area (Å²) in [5.41, 5.74) is 0.657. The van der Waals surface area contributed by atoms with Gasteiger partial charge in [0.1, 0.15) is 17.7 Å². The van der Waals surface area contributed by atoms with Crippen molar-refractivity contribution in [2.24, 2.45) is 0 Å². The molecule has 34 heavy (non-hydrogen) atoms. The molecule has 1 unspecified atom stereocenters. The molecule has 1 saturated heterocycles. The Morgan fingerprint density at radius 2 is 1.97 bits per heavy atom. The number of ether oxygens (including phenoxy) is 2. The predicted octanol–water partition coefficient (Wildman–Crippen LogP) is 3.31. The fourth-order valence-corrected chi connectivity index (χ4v) is 3.32. The Labute approximate surface area is 190 Å². The normalized spacial score (nSPS) is 15.9. The molecule has 13 heteroatoms. The van der Waals surface area contributed by atoms with Gasteiger partial charge in [0.2, 0.25) is 0 Å². The molecular weight excluding hydrogens is 459 g/mol. The van der Waals surface area contributed by atoms with Gasteiger partial charge < -0.3 is 24.8 Å². The number of hydrogen-bond donors (Lipinski definition) is 2. The van der Waals surface area contributed by atoms with Crippen molar-refractivity contribution in [3.63, 3.8) is 0 Å². The van der Waals surface area contributed by atoms with Crippen LogP contribution in [-0.4, -0.2) is 63.3 Å². The van der Waals surface area contributed by atoms with Gasteiger partial charge in [0, 0.05) is 6.54 Å². The molecule has 0 spiro atoms. The third kappa shape index (κ3) is 5.26. The van der Waals surface area contributed by atoms with E-state index in [-0.39, 0.29) is 36.8 Å². The maximum absolute atomic E-state index is 14.6. The first-order valence-electron chi connectivity index (χ1n) is 9.98. The quantitative estimate of drug-likeness (QED) is 0.559. The number of carbonyl (C=O) groups is 2. The van der Waals surface area contributed by atoms with E-state index in [1.165, 1.54) is 58.2 Å². The van der Waals surface area contributed by atoms with Crippen molar-refractivity contribution in [3.8, 4) is 11.4 Å². The number of morpholine rings is 1. The van der Waals surface area contributed by atoms with Gasteiger partial charge in [0.05, 0.1) is 30.7 Å². The van der Waals surface area contributed by atoms with Crippen LogP contribution in [0.1, 0.15) is 22.2 Å². The first-order valence-corrected chi connectivity index (χ1v) is 9.98. The molecular formula is C21H18F3N5O5. The first kappa shape index (κ1) is 23.0. The molecule has 1 aliphatic rings. The number of halogens is 3. The van der Waals surface area contributed by atoms with Crippen molar-refractivity contribution in [3.05, 3.63) is 65.7 Å². The molecule has 1 aromatic heterocycles. The van der Waals surface area contributed by atoms with E-state index in [9.17, 15) is 22.8 Å². The summed E-state index contributed by atoms with van der Waals surface area (Å²) in [5, 5.41) is 19.1. The molecule has 178 valence electrons. The lowest BCUT2D eigenvalue weighted by molar-refractivity contribution is -0.0498. The molecule has 2 amide bonds. The van der Waals surface area contributed by atoms with Crippen LogP contribution in [0, 0.1) is 5.82 Å². The predicted molar refractivity (Wildman–Crippen MR) is 111 cm³/mol. The highest BCUT2D eigenvalue weighted by atomic mass is 19.3. The van der Waals surface area contributed by atoms with Crippen molar-refractivity contribution in [2.45, 2.75) is 12.7 Å². The van der Waals surface area contributed by atoms with E-state index >= 15 is 0 Å². The first-order chi connectivity index (χ1) is 16.3. The topological polar surface area (TPSA) is 119 Å². The molecule has 0 aliphatic carbocycles. The van der Waals surface area contributed by atoms with Crippen LogP contribution in [0.15, 0.2) is 48.7 Å². The smallest absolute Gasteiger partial charge is 0.407 e. The molecule has 1 aliphatic heterocycles. The fraction of sp³-hybridized carbons (Fsp3) is 0.238. The maximum atomic E-state index is 14.6. The number of carboxylic acid groups (broad SMARTS) is 1. The number of alkyl halides is 2. The van der Waals surface area contributed by atoms with E-state index in [4.69, 9.17) is 9.84 Å². The van der Waals surface area contributed by atoms with E-state index in [1.807, 2.05) is 0 Å². The van der Waals surface area contributed by atoms with E-state index in [1.54, 1.807) is 0 Å². The number of benzene rings is 2. The summed E-state index contributed by atoms with van der Waals surface area (Å²) in [6.45, 7) is -2.46. The second kappa shape index (κ2) is 9.79. The maximum Gasteiger partial charge on any atom is 0.407 e. The number of nitrogens with one attached hydrogen (secondary N) is 1. The largest absolute Gasteiger partial charge is 0.465 e. The summed E-state index contributed by atoms with van der Waals surface area (Å²) in [6, 6.07) is 9.57. The summed E-state index contributed by atoms with van der Waals surface area (Å²) >= 11 is 0. The Hall–Kier alpha value is -4.13. The van der Waals surface area contributed by atoms with E-state index in [0.717, 1.165) is 0 Å². The Kier molecular flexibility index (Phi) is 6.63. The van der Waals surface area contributed by atoms with E-state index in [0.29, 0.717) is 11.3 Å². The molecule has 3 aromatic rings. The summed E-state index contributed by atoms with van der Waals surface area (Å²) in [5.74, 6) is -1.49. The van der Waals surface area contributed by atoms with Crippen LogP contribution in [0.2, 0.25) is 0 Å². The van der Waals surface area contributed by atoms with Crippen LogP contribution in [0.4, 0.5) is 23.7 Å². The third-order valence-electron chi connectivity index (χ3n) is 5.00. The second-order valence-electron chi connectivity index (χ2n) is 7.20. The average Bonchev–Trinajstić information content (AvgIpc) is 3.31. The van der Waals surface area contributed by atoms with Gasteiger partial charge in [-0.05, 0) is 42.0 Å². The lowest BCUT2D eigenvalue weighted by Crippen LogP contribution is -2.41. The van der Waals surface area contributed by atoms with Gasteiger partial charge in [-0.2, -0.15) is 8.78 Å². The highest BCUT2D eigenvalue weighted by molar-refractivity contribution is 6.02. The fourth-order valence-electron chi connectivity index (χ4n) is 3.32. The van der Waals surface area contributed by atoms with Gasteiger partial charge in [0.15, 0.2) is 5.69 Å². The van der Waals surface area contributed by atoms with Gasteiger partial charge in [-0.3, -0.25) is 4.79 Å². The third-order valence-corrected chi connectivity index (χ3v) is 5.00.